The minimum absolute atomic E-state index is 0.106. The van der Waals surface area contributed by atoms with Crippen LogP contribution in [0.5, 0.6) is 0 Å². The van der Waals surface area contributed by atoms with E-state index in [0.29, 0.717) is 25.7 Å². The molecule has 0 aliphatic carbocycles. The van der Waals surface area contributed by atoms with Gasteiger partial charge in [-0.25, -0.2) is 9.13 Å². The molecule has 87 heavy (non-hydrogen) atoms. The Bertz CT molecular complexity index is 1700. The van der Waals surface area contributed by atoms with E-state index in [4.69, 9.17) is 37.0 Å². The summed E-state index contributed by atoms with van der Waals surface area (Å²) in [6.07, 6.45) is 44.7. The highest BCUT2D eigenvalue weighted by Crippen LogP contribution is 2.45. The summed E-state index contributed by atoms with van der Waals surface area (Å²) in [5.41, 5.74) is 0. The number of hydrogen-bond acceptors (Lipinski definition) is 15. The highest BCUT2D eigenvalue weighted by Gasteiger charge is 2.30. The van der Waals surface area contributed by atoms with Gasteiger partial charge >= 0.3 is 39.5 Å². The number of aliphatic hydroxyl groups excluding tert-OH is 1. The average molecular weight is 1280 g/mol. The van der Waals surface area contributed by atoms with E-state index in [1.807, 2.05) is 0 Å². The molecule has 516 valence electrons. The first kappa shape index (κ1) is 85.1. The predicted octanol–water partition coefficient (Wildman–Crippen LogP) is 19.2. The Morgan fingerprint density at radius 3 is 0.782 bits per heavy atom. The van der Waals surface area contributed by atoms with Crippen molar-refractivity contribution >= 4 is 39.5 Å². The van der Waals surface area contributed by atoms with E-state index in [2.05, 4.69) is 41.5 Å². The fourth-order valence-corrected chi connectivity index (χ4v) is 11.8. The Morgan fingerprint density at radius 2 is 0.529 bits per heavy atom. The second-order valence-corrected chi connectivity index (χ2v) is 28.4. The Hall–Kier alpha value is -1.94. The normalized spacial score (nSPS) is 14.2. The molecule has 19 heteroatoms. The zero-order valence-corrected chi connectivity index (χ0v) is 58.1. The van der Waals surface area contributed by atoms with E-state index < -0.39 is 97.5 Å². The van der Waals surface area contributed by atoms with E-state index >= 15 is 0 Å². The molecule has 0 saturated heterocycles. The number of ether oxygens (including phenoxy) is 4. The zero-order valence-electron chi connectivity index (χ0n) is 56.3. The van der Waals surface area contributed by atoms with Gasteiger partial charge in [-0.05, 0) is 37.5 Å². The quantitative estimate of drug-likeness (QED) is 0.0222. The molecule has 2 unspecified atom stereocenters. The summed E-state index contributed by atoms with van der Waals surface area (Å²) < 4.78 is 68.0. The van der Waals surface area contributed by atoms with Gasteiger partial charge in [0.15, 0.2) is 12.2 Å². The molecule has 0 amide bonds. The minimum Gasteiger partial charge on any atom is -0.462 e. The molecular formula is C68H132O17P2. The van der Waals surface area contributed by atoms with Gasteiger partial charge < -0.3 is 33.8 Å². The van der Waals surface area contributed by atoms with Crippen LogP contribution in [-0.2, 0) is 65.4 Å². The van der Waals surface area contributed by atoms with Crippen molar-refractivity contribution in [2.24, 2.45) is 11.8 Å². The van der Waals surface area contributed by atoms with Crippen molar-refractivity contribution in [1.82, 2.24) is 0 Å². The van der Waals surface area contributed by atoms with E-state index in [1.165, 1.54) is 154 Å². The molecule has 0 heterocycles. The first-order valence-electron chi connectivity index (χ1n) is 35.5. The molecule has 0 fully saturated rings. The number of hydrogen-bond donors (Lipinski definition) is 3. The van der Waals surface area contributed by atoms with Crippen molar-refractivity contribution < 1.29 is 80.2 Å². The number of phosphoric ester groups is 2. The molecule has 0 aliphatic heterocycles. The van der Waals surface area contributed by atoms with Crippen LogP contribution in [0.25, 0.3) is 0 Å². The van der Waals surface area contributed by atoms with Gasteiger partial charge in [0.25, 0.3) is 0 Å². The van der Waals surface area contributed by atoms with E-state index in [0.717, 1.165) is 108 Å². The second-order valence-electron chi connectivity index (χ2n) is 25.5. The van der Waals surface area contributed by atoms with E-state index in [-0.39, 0.29) is 25.7 Å². The van der Waals surface area contributed by atoms with Gasteiger partial charge in [-0.3, -0.25) is 37.3 Å². The molecule has 3 N–H and O–H groups in total. The largest absolute Gasteiger partial charge is 0.472 e. The third-order valence-electron chi connectivity index (χ3n) is 15.7. The Balaban J connectivity index is 5.17. The lowest BCUT2D eigenvalue weighted by Crippen LogP contribution is -2.30. The number of phosphoric acid groups is 2. The third kappa shape index (κ3) is 62.6. The first-order valence-corrected chi connectivity index (χ1v) is 38.5. The molecular weight excluding hydrogens is 1150 g/mol. The summed E-state index contributed by atoms with van der Waals surface area (Å²) >= 11 is 0. The molecule has 0 aromatic heterocycles. The van der Waals surface area contributed by atoms with Gasteiger partial charge in [0.1, 0.15) is 19.3 Å². The fourth-order valence-electron chi connectivity index (χ4n) is 10.2. The predicted molar refractivity (Wildman–Crippen MR) is 349 cm³/mol. The SMILES string of the molecule is CCCCCCCCCCCCCC(=O)O[C@H](COC(=O)CCCCCCC)COP(=O)(O)OC[C@H](O)COP(=O)(O)OC[C@@H](COC(=O)CCCCCCCCCCCCCCC(C)C)OC(=O)CCCCCCCCCCCCCCCC(C)C. The highest BCUT2D eigenvalue weighted by atomic mass is 31.2. The number of esters is 4. The zero-order chi connectivity index (χ0) is 64.3. The Labute approximate surface area is 530 Å². The Morgan fingerprint density at radius 1 is 0.310 bits per heavy atom. The van der Waals surface area contributed by atoms with Crippen LogP contribution < -0.4 is 0 Å². The summed E-state index contributed by atoms with van der Waals surface area (Å²) in [6.45, 7) is 9.47. The lowest BCUT2D eigenvalue weighted by atomic mass is 10.0. The smallest absolute Gasteiger partial charge is 0.462 e. The van der Waals surface area contributed by atoms with Crippen LogP contribution in [0.1, 0.15) is 343 Å². The number of rotatable bonds is 67. The van der Waals surface area contributed by atoms with Crippen LogP contribution in [0.4, 0.5) is 0 Å². The van der Waals surface area contributed by atoms with Crippen LogP contribution >= 0.6 is 15.6 Å². The van der Waals surface area contributed by atoms with Gasteiger partial charge in [-0.15, -0.1) is 0 Å². The molecule has 0 aromatic carbocycles. The van der Waals surface area contributed by atoms with Gasteiger partial charge in [0.2, 0.25) is 0 Å². The van der Waals surface area contributed by atoms with Crippen LogP contribution in [0.15, 0.2) is 0 Å². The maximum atomic E-state index is 13.0. The van der Waals surface area contributed by atoms with Crippen molar-refractivity contribution in [3.05, 3.63) is 0 Å². The van der Waals surface area contributed by atoms with Crippen LogP contribution in [0.3, 0.4) is 0 Å². The summed E-state index contributed by atoms with van der Waals surface area (Å²) in [5.74, 6) is -0.569. The van der Waals surface area contributed by atoms with E-state index in [9.17, 15) is 43.2 Å². The Kier molecular flexibility index (Phi) is 59.0. The number of carbonyl (C=O) groups excluding carboxylic acids is 4. The molecule has 17 nitrogen and oxygen atoms in total. The van der Waals surface area contributed by atoms with Crippen LogP contribution in [-0.4, -0.2) is 96.7 Å². The number of carbonyl (C=O) groups is 4. The molecule has 0 aliphatic rings. The molecule has 0 saturated carbocycles. The van der Waals surface area contributed by atoms with Gasteiger partial charge in [0.05, 0.1) is 26.4 Å². The van der Waals surface area contributed by atoms with Crippen molar-refractivity contribution in [2.45, 2.75) is 362 Å². The van der Waals surface area contributed by atoms with Crippen LogP contribution in [0, 0.1) is 11.8 Å². The van der Waals surface area contributed by atoms with Crippen molar-refractivity contribution in [3.8, 4) is 0 Å². The molecule has 5 atom stereocenters. The molecule has 0 rings (SSSR count). The van der Waals surface area contributed by atoms with Crippen molar-refractivity contribution in [3.63, 3.8) is 0 Å². The lowest BCUT2D eigenvalue weighted by Gasteiger charge is -2.21. The van der Waals surface area contributed by atoms with Crippen molar-refractivity contribution in [2.75, 3.05) is 39.6 Å². The maximum absolute atomic E-state index is 13.0. The molecule has 0 radical (unpaired) electrons. The molecule has 0 bridgehead atoms. The van der Waals surface area contributed by atoms with Crippen molar-refractivity contribution in [1.29, 1.82) is 0 Å². The first-order chi connectivity index (χ1) is 41.9. The van der Waals surface area contributed by atoms with Gasteiger partial charge in [-0.2, -0.15) is 0 Å². The number of unbranched alkanes of at least 4 members (excludes halogenated alkanes) is 37. The highest BCUT2D eigenvalue weighted by molar-refractivity contribution is 7.47. The molecule has 0 spiro atoms. The second kappa shape index (κ2) is 60.3. The lowest BCUT2D eigenvalue weighted by molar-refractivity contribution is -0.161. The summed E-state index contributed by atoms with van der Waals surface area (Å²) in [6, 6.07) is 0. The monoisotopic (exact) mass is 1280 g/mol. The summed E-state index contributed by atoms with van der Waals surface area (Å²) in [4.78, 5) is 72.2. The topological polar surface area (TPSA) is 237 Å². The summed E-state index contributed by atoms with van der Waals surface area (Å²) in [5, 5.41) is 10.5. The summed E-state index contributed by atoms with van der Waals surface area (Å²) in [7, 11) is -9.89. The third-order valence-corrected chi connectivity index (χ3v) is 17.6. The minimum atomic E-state index is -4.95. The fraction of sp³-hybridized carbons (Fsp3) is 0.941. The maximum Gasteiger partial charge on any atom is 0.472 e. The molecule has 0 aromatic rings. The number of aliphatic hydroxyl groups is 1. The average Bonchev–Trinajstić information content (AvgIpc) is 3.69. The van der Waals surface area contributed by atoms with Gasteiger partial charge in [-0.1, -0.05) is 292 Å². The standard InChI is InChI=1S/C68H132O17P2/c1-7-9-11-13-14-15-21-29-34-40-46-52-67(72)84-63(56-78-65(70)50-44-36-12-10-8-2)58-82-86(74,75)80-54-62(69)55-81-87(76,77)83-59-64(57-79-66(71)51-45-39-33-28-24-20-19-23-27-32-38-43-49-61(5)6)85-68(73)53-47-41-35-30-25-18-16-17-22-26-31-37-42-48-60(3)4/h60-64,69H,7-59H2,1-6H3,(H,74,75)(H,76,77)/t62-,63+,64+/m0/s1. The van der Waals surface area contributed by atoms with Crippen LogP contribution in [0.2, 0.25) is 0 Å². The van der Waals surface area contributed by atoms with E-state index in [1.54, 1.807) is 0 Å². The van der Waals surface area contributed by atoms with Gasteiger partial charge in [0, 0.05) is 25.7 Å².